The highest BCUT2D eigenvalue weighted by Gasteiger charge is 2.09. The number of amides is 1. The molecule has 0 atom stereocenters. The van der Waals surface area contributed by atoms with E-state index in [1.165, 1.54) is 6.07 Å². The molecule has 1 amide bonds. The van der Waals surface area contributed by atoms with Gasteiger partial charge in [-0.3, -0.25) is 9.69 Å². The van der Waals surface area contributed by atoms with Gasteiger partial charge >= 0.3 is 0 Å². The fourth-order valence-electron chi connectivity index (χ4n) is 1.49. The van der Waals surface area contributed by atoms with E-state index in [9.17, 15) is 9.18 Å². The first-order valence-electron chi connectivity index (χ1n) is 5.42. The highest BCUT2D eigenvalue weighted by molar-refractivity contribution is 9.10. The van der Waals surface area contributed by atoms with Crippen LogP contribution in [-0.2, 0) is 11.3 Å². The van der Waals surface area contributed by atoms with Gasteiger partial charge in [0, 0.05) is 23.1 Å². The number of halogens is 2. The summed E-state index contributed by atoms with van der Waals surface area (Å²) in [5.41, 5.74) is 0.583. The van der Waals surface area contributed by atoms with E-state index in [0.29, 0.717) is 23.1 Å². The van der Waals surface area contributed by atoms with Gasteiger partial charge in [-0.05, 0) is 26.1 Å². The molecule has 17 heavy (non-hydrogen) atoms. The summed E-state index contributed by atoms with van der Waals surface area (Å²) in [6.07, 6.45) is 0. The molecule has 0 aromatic heterocycles. The SMILES string of the molecule is CCNC(=O)CN(C)Cc1ccc(Br)cc1F. The largest absolute Gasteiger partial charge is 0.355 e. The molecular formula is C12H16BrFN2O. The van der Waals surface area contributed by atoms with Gasteiger partial charge < -0.3 is 5.32 Å². The van der Waals surface area contributed by atoms with Crippen molar-refractivity contribution in [2.45, 2.75) is 13.5 Å². The molecule has 0 aliphatic rings. The average molecular weight is 303 g/mol. The van der Waals surface area contributed by atoms with Crippen molar-refractivity contribution in [1.82, 2.24) is 10.2 Å². The van der Waals surface area contributed by atoms with Crippen LogP contribution in [0.15, 0.2) is 22.7 Å². The summed E-state index contributed by atoms with van der Waals surface area (Å²) in [6, 6.07) is 4.93. The van der Waals surface area contributed by atoms with Crippen LogP contribution in [-0.4, -0.2) is 30.9 Å². The molecule has 94 valence electrons. The predicted molar refractivity (Wildman–Crippen MR) is 69.1 cm³/mol. The number of benzene rings is 1. The third-order valence-corrected chi connectivity index (χ3v) is 2.74. The maximum Gasteiger partial charge on any atom is 0.234 e. The Hall–Kier alpha value is -0.940. The number of carbonyl (C=O) groups is 1. The normalized spacial score (nSPS) is 10.6. The number of hydrogen-bond donors (Lipinski definition) is 1. The van der Waals surface area contributed by atoms with Crippen molar-refractivity contribution in [2.75, 3.05) is 20.1 Å². The van der Waals surface area contributed by atoms with Crippen molar-refractivity contribution in [2.24, 2.45) is 0 Å². The van der Waals surface area contributed by atoms with Crippen LogP contribution in [0.25, 0.3) is 0 Å². The molecule has 0 radical (unpaired) electrons. The molecule has 0 spiro atoms. The number of carbonyl (C=O) groups excluding carboxylic acids is 1. The van der Waals surface area contributed by atoms with E-state index in [1.54, 1.807) is 24.1 Å². The zero-order valence-corrected chi connectivity index (χ0v) is 11.6. The smallest absolute Gasteiger partial charge is 0.234 e. The van der Waals surface area contributed by atoms with Crippen molar-refractivity contribution >= 4 is 21.8 Å². The predicted octanol–water partition coefficient (Wildman–Crippen LogP) is 2.16. The second-order valence-electron chi connectivity index (χ2n) is 3.86. The molecule has 1 N–H and O–H groups in total. The molecule has 1 rings (SSSR count). The minimum absolute atomic E-state index is 0.0486. The van der Waals surface area contributed by atoms with Gasteiger partial charge in [-0.2, -0.15) is 0 Å². The molecule has 0 aliphatic heterocycles. The van der Waals surface area contributed by atoms with Gasteiger partial charge in [-0.25, -0.2) is 4.39 Å². The monoisotopic (exact) mass is 302 g/mol. The lowest BCUT2D eigenvalue weighted by Gasteiger charge is -2.16. The highest BCUT2D eigenvalue weighted by Crippen LogP contribution is 2.16. The van der Waals surface area contributed by atoms with Crippen LogP contribution in [0.2, 0.25) is 0 Å². The lowest BCUT2D eigenvalue weighted by atomic mass is 10.2. The molecule has 1 aromatic carbocycles. The fourth-order valence-corrected chi connectivity index (χ4v) is 1.83. The molecule has 0 heterocycles. The third kappa shape index (κ3) is 4.83. The second-order valence-corrected chi connectivity index (χ2v) is 4.78. The molecule has 0 unspecified atom stereocenters. The summed E-state index contributed by atoms with van der Waals surface area (Å²) in [4.78, 5) is 13.1. The van der Waals surface area contributed by atoms with E-state index in [0.717, 1.165) is 0 Å². The van der Waals surface area contributed by atoms with E-state index in [1.807, 2.05) is 6.92 Å². The van der Waals surface area contributed by atoms with Crippen LogP contribution in [0.5, 0.6) is 0 Å². The third-order valence-electron chi connectivity index (χ3n) is 2.24. The zero-order valence-electron chi connectivity index (χ0n) is 9.96. The molecule has 0 saturated heterocycles. The van der Waals surface area contributed by atoms with Gasteiger partial charge in [0.05, 0.1) is 6.54 Å². The van der Waals surface area contributed by atoms with Crippen LogP contribution in [0.1, 0.15) is 12.5 Å². The molecule has 0 fully saturated rings. The Balaban J connectivity index is 2.55. The van der Waals surface area contributed by atoms with Crippen molar-refractivity contribution in [1.29, 1.82) is 0 Å². The fraction of sp³-hybridized carbons (Fsp3) is 0.417. The van der Waals surface area contributed by atoms with E-state index in [4.69, 9.17) is 0 Å². The van der Waals surface area contributed by atoms with Crippen molar-refractivity contribution in [3.05, 3.63) is 34.1 Å². The highest BCUT2D eigenvalue weighted by atomic mass is 79.9. The summed E-state index contributed by atoms with van der Waals surface area (Å²) in [6.45, 7) is 3.16. The van der Waals surface area contributed by atoms with Crippen LogP contribution in [0, 0.1) is 5.82 Å². The lowest BCUT2D eigenvalue weighted by molar-refractivity contribution is -0.121. The number of nitrogens with one attached hydrogen (secondary N) is 1. The van der Waals surface area contributed by atoms with Crippen molar-refractivity contribution < 1.29 is 9.18 Å². The van der Waals surface area contributed by atoms with Gasteiger partial charge in [-0.15, -0.1) is 0 Å². The topological polar surface area (TPSA) is 32.3 Å². The molecular weight excluding hydrogens is 287 g/mol. The minimum Gasteiger partial charge on any atom is -0.355 e. The van der Waals surface area contributed by atoms with Crippen LogP contribution in [0.3, 0.4) is 0 Å². The van der Waals surface area contributed by atoms with Crippen LogP contribution >= 0.6 is 15.9 Å². The number of hydrogen-bond acceptors (Lipinski definition) is 2. The summed E-state index contributed by atoms with van der Waals surface area (Å²) >= 11 is 3.21. The first kappa shape index (κ1) is 14.1. The van der Waals surface area contributed by atoms with E-state index in [-0.39, 0.29) is 18.3 Å². The van der Waals surface area contributed by atoms with Gasteiger partial charge in [0.2, 0.25) is 5.91 Å². The Kier molecular flexibility index (Phi) is 5.58. The maximum absolute atomic E-state index is 13.5. The van der Waals surface area contributed by atoms with Crippen molar-refractivity contribution in [3.63, 3.8) is 0 Å². The Morgan fingerprint density at radius 3 is 2.82 bits per heavy atom. The quantitative estimate of drug-likeness (QED) is 0.904. The van der Waals surface area contributed by atoms with Gasteiger partial charge in [0.15, 0.2) is 0 Å². The first-order chi connectivity index (χ1) is 8.02. The van der Waals surface area contributed by atoms with Gasteiger partial charge in [-0.1, -0.05) is 22.0 Å². The Morgan fingerprint density at radius 1 is 1.53 bits per heavy atom. The number of rotatable bonds is 5. The van der Waals surface area contributed by atoms with Crippen LogP contribution in [0.4, 0.5) is 4.39 Å². The standard InChI is InChI=1S/C12H16BrFN2O/c1-3-15-12(17)8-16(2)7-9-4-5-10(13)6-11(9)14/h4-6H,3,7-8H2,1-2H3,(H,15,17). The van der Waals surface area contributed by atoms with E-state index in [2.05, 4.69) is 21.2 Å². The number of likely N-dealkylation sites (N-methyl/N-ethyl adjacent to an activating group) is 2. The molecule has 3 nitrogen and oxygen atoms in total. The molecule has 1 aromatic rings. The molecule has 5 heteroatoms. The first-order valence-corrected chi connectivity index (χ1v) is 6.21. The summed E-state index contributed by atoms with van der Waals surface area (Å²) in [5, 5.41) is 2.70. The average Bonchev–Trinajstić information content (AvgIpc) is 2.22. The summed E-state index contributed by atoms with van der Waals surface area (Å²) in [5.74, 6) is -0.311. The summed E-state index contributed by atoms with van der Waals surface area (Å²) in [7, 11) is 1.79. The Labute approximate surface area is 109 Å². The van der Waals surface area contributed by atoms with Crippen LogP contribution < -0.4 is 5.32 Å². The molecule has 0 saturated carbocycles. The minimum atomic E-state index is -0.262. The van der Waals surface area contributed by atoms with E-state index >= 15 is 0 Å². The van der Waals surface area contributed by atoms with E-state index < -0.39 is 0 Å². The second kappa shape index (κ2) is 6.71. The number of nitrogens with zero attached hydrogens (tertiary/aromatic N) is 1. The van der Waals surface area contributed by atoms with Gasteiger partial charge in [0.25, 0.3) is 0 Å². The molecule has 0 aliphatic carbocycles. The lowest BCUT2D eigenvalue weighted by Crippen LogP contribution is -2.34. The summed E-state index contributed by atoms with van der Waals surface area (Å²) < 4.78 is 14.3. The Bertz CT molecular complexity index is 398. The Morgan fingerprint density at radius 2 is 2.24 bits per heavy atom. The zero-order chi connectivity index (χ0) is 12.8. The van der Waals surface area contributed by atoms with Gasteiger partial charge in [0.1, 0.15) is 5.82 Å². The maximum atomic E-state index is 13.5. The molecule has 0 bridgehead atoms. The van der Waals surface area contributed by atoms with Crippen molar-refractivity contribution in [3.8, 4) is 0 Å².